The number of anilines is 1. The van der Waals surface area contributed by atoms with Gasteiger partial charge in [-0.25, -0.2) is 13.4 Å². The van der Waals surface area contributed by atoms with Crippen molar-refractivity contribution in [1.82, 2.24) is 4.98 Å². The van der Waals surface area contributed by atoms with Gasteiger partial charge in [0, 0.05) is 24.8 Å². The summed E-state index contributed by atoms with van der Waals surface area (Å²) in [7, 11) is -3.21. The maximum atomic E-state index is 12.6. The van der Waals surface area contributed by atoms with Gasteiger partial charge in [-0.2, -0.15) is 0 Å². The first-order valence-electron chi connectivity index (χ1n) is 9.95. The first-order chi connectivity index (χ1) is 13.0. The van der Waals surface area contributed by atoms with Crippen molar-refractivity contribution in [3.8, 4) is 0 Å². The molecule has 3 fully saturated rings. The maximum Gasteiger partial charge on any atom is 0.235 e. The molecule has 5 rings (SSSR count). The first-order valence-corrected chi connectivity index (χ1v) is 11.6. The summed E-state index contributed by atoms with van der Waals surface area (Å²) in [6.07, 6.45) is 6.68. The van der Waals surface area contributed by atoms with Crippen LogP contribution < -0.4 is 4.31 Å². The van der Waals surface area contributed by atoms with Crippen LogP contribution in [-0.2, 0) is 14.8 Å². The van der Waals surface area contributed by atoms with Crippen molar-refractivity contribution in [3.63, 3.8) is 0 Å². The highest BCUT2D eigenvalue weighted by atomic mass is 32.2. The molecule has 2 aromatic rings. The number of rotatable bonds is 2. The second kappa shape index (κ2) is 6.33. The Morgan fingerprint density at radius 1 is 1.15 bits per heavy atom. The summed E-state index contributed by atoms with van der Waals surface area (Å²) in [5, 5.41) is 0. The van der Waals surface area contributed by atoms with Crippen LogP contribution in [0.2, 0.25) is 0 Å². The minimum atomic E-state index is -3.21. The Balaban J connectivity index is 1.44. The number of benzene rings is 1. The van der Waals surface area contributed by atoms with E-state index in [-0.39, 0.29) is 17.6 Å². The van der Waals surface area contributed by atoms with Crippen LogP contribution in [0.25, 0.3) is 11.1 Å². The number of aromatic nitrogens is 1. The quantitative estimate of drug-likeness (QED) is 0.785. The fraction of sp³-hybridized carbons (Fsp3) is 0.600. The Morgan fingerprint density at radius 2 is 2.00 bits per heavy atom. The van der Waals surface area contributed by atoms with Gasteiger partial charge in [0.1, 0.15) is 11.3 Å². The molecule has 6 nitrogen and oxygen atoms in total. The zero-order valence-corrected chi connectivity index (χ0v) is 16.1. The maximum absolute atomic E-state index is 12.6. The lowest BCUT2D eigenvalue weighted by molar-refractivity contribution is -0.128. The molecule has 2 aliphatic carbocycles. The molecule has 27 heavy (non-hydrogen) atoms. The zero-order chi connectivity index (χ0) is 18.6. The van der Waals surface area contributed by atoms with Crippen molar-refractivity contribution in [1.29, 1.82) is 0 Å². The van der Waals surface area contributed by atoms with Gasteiger partial charge in [0.25, 0.3) is 0 Å². The lowest BCUT2D eigenvalue weighted by atomic mass is 9.67. The highest BCUT2D eigenvalue weighted by molar-refractivity contribution is 7.93. The van der Waals surface area contributed by atoms with Crippen LogP contribution in [0, 0.1) is 11.8 Å². The monoisotopic (exact) mass is 388 g/mol. The molecule has 7 heteroatoms. The smallest absolute Gasteiger partial charge is 0.235 e. The van der Waals surface area contributed by atoms with Crippen LogP contribution in [0.1, 0.15) is 56.8 Å². The van der Waals surface area contributed by atoms with Crippen molar-refractivity contribution >= 4 is 32.6 Å². The van der Waals surface area contributed by atoms with Gasteiger partial charge in [-0.05, 0) is 49.8 Å². The molecule has 0 spiro atoms. The van der Waals surface area contributed by atoms with E-state index in [1.165, 1.54) is 17.1 Å². The molecule has 0 amide bonds. The molecule has 2 saturated carbocycles. The number of ketones is 1. The van der Waals surface area contributed by atoms with Crippen LogP contribution in [-0.4, -0.2) is 31.5 Å². The summed E-state index contributed by atoms with van der Waals surface area (Å²) >= 11 is 0. The van der Waals surface area contributed by atoms with Crippen LogP contribution in [0.4, 0.5) is 5.69 Å². The van der Waals surface area contributed by atoms with E-state index in [0.717, 1.165) is 19.3 Å². The predicted octanol–water partition coefficient (Wildman–Crippen LogP) is 3.62. The second-order valence-electron chi connectivity index (χ2n) is 8.20. The number of carbonyl (C=O) groups is 1. The summed E-state index contributed by atoms with van der Waals surface area (Å²) in [4.78, 5) is 17.2. The van der Waals surface area contributed by atoms with E-state index < -0.39 is 10.0 Å². The van der Waals surface area contributed by atoms with Gasteiger partial charge < -0.3 is 4.42 Å². The molecule has 1 aromatic heterocycles. The molecule has 3 atom stereocenters. The number of carbonyl (C=O) groups excluding carboxylic acids is 1. The van der Waals surface area contributed by atoms with Gasteiger partial charge in [0.2, 0.25) is 10.0 Å². The fourth-order valence-electron chi connectivity index (χ4n) is 5.14. The third kappa shape index (κ3) is 2.96. The number of nitrogens with zero attached hydrogens (tertiary/aromatic N) is 2. The number of sulfonamides is 1. The summed E-state index contributed by atoms with van der Waals surface area (Å²) in [5.41, 5.74) is 1.97. The van der Waals surface area contributed by atoms with Gasteiger partial charge in [-0.1, -0.05) is 12.8 Å². The van der Waals surface area contributed by atoms with E-state index in [4.69, 9.17) is 4.42 Å². The molecule has 3 aliphatic rings. The van der Waals surface area contributed by atoms with Gasteiger partial charge in [-0.3, -0.25) is 9.10 Å². The van der Waals surface area contributed by atoms with Gasteiger partial charge in [0.05, 0.1) is 11.4 Å². The van der Waals surface area contributed by atoms with Crippen LogP contribution in [0.3, 0.4) is 0 Å². The number of hydrogen-bond donors (Lipinski definition) is 0. The molecular weight excluding hydrogens is 364 g/mol. The fourth-order valence-corrected chi connectivity index (χ4v) is 6.69. The predicted molar refractivity (Wildman–Crippen MR) is 102 cm³/mol. The molecule has 0 bridgehead atoms. The summed E-state index contributed by atoms with van der Waals surface area (Å²) < 4.78 is 31.8. The van der Waals surface area contributed by atoms with Crippen LogP contribution in [0.15, 0.2) is 22.6 Å². The Morgan fingerprint density at radius 3 is 2.81 bits per heavy atom. The lowest BCUT2D eigenvalue weighted by Crippen LogP contribution is -2.34. The van der Waals surface area contributed by atoms with E-state index in [1.54, 1.807) is 18.2 Å². The molecule has 3 unspecified atom stereocenters. The summed E-state index contributed by atoms with van der Waals surface area (Å²) in [5.74, 6) is 1.94. The molecular formula is C20H24N2O4S. The third-order valence-electron chi connectivity index (χ3n) is 6.48. The third-order valence-corrected chi connectivity index (χ3v) is 8.35. The van der Waals surface area contributed by atoms with E-state index in [1.807, 2.05) is 0 Å². The summed E-state index contributed by atoms with van der Waals surface area (Å²) in [6, 6.07) is 5.37. The number of oxazole rings is 1. The Bertz CT molecular complexity index is 997. The Hall–Kier alpha value is -1.89. The highest BCUT2D eigenvalue weighted by Crippen LogP contribution is 2.44. The largest absolute Gasteiger partial charge is 0.440 e. The first kappa shape index (κ1) is 17.2. The molecule has 1 aliphatic heterocycles. The van der Waals surface area contributed by atoms with E-state index >= 15 is 0 Å². The van der Waals surface area contributed by atoms with Gasteiger partial charge in [-0.15, -0.1) is 0 Å². The SMILES string of the molecule is O=C1CC(c2nc3cc(N4CCCS4(=O)=O)ccc3o2)CC2CCCCC12. The number of hydrogen-bond acceptors (Lipinski definition) is 5. The van der Waals surface area contributed by atoms with Crippen molar-refractivity contribution in [3.05, 3.63) is 24.1 Å². The van der Waals surface area contributed by atoms with Crippen molar-refractivity contribution in [2.24, 2.45) is 11.8 Å². The van der Waals surface area contributed by atoms with E-state index in [2.05, 4.69) is 4.98 Å². The van der Waals surface area contributed by atoms with E-state index in [9.17, 15) is 13.2 Å². The molecule has 0 N–H and O–H groups in total. The Labute approximate surface area is 159 Å². The number of fused-ring (bicyclic) bond motifs is 2. The second-order valence-corrected chi connectivity index (χ2v) is 10.2. The Kier molecular flexibility index (Phi) is 4.04. The minimum absolute atomic E-state index is 0.0446. The molecule has 1 saturated heterocycles. The van der Waals surface area contributed by atoms with Crippen LogP contribution >= 0.6 is 0 Å². The molecule has 144 valence electrons. The van der Waals surface area contributed by atoms with E-state index in [0.29, 0.717) is 53.8 Å². The van der Waals surface area contributed by atoms with Gasteiger partial charge in [0.15, 0.2) is 11.5 Å². The highest BCUT2D eigenvalue weighted by Gasteiger charge is 2.40. The zero-order valence-electron chi connectivity index (χ0n) is 15.3. The standard InChI is InChI=1S/C20H24N2O4S/c23-18-11-14(10-13-4-1-2-5-16(13)18)20-21-17-12-15(6-7-19(17)26-20)22-8-3-9-27(22,24)25/h6-7,12-14,16H,1-5,8-11H2. The topological polar surface area (TPSA) is 80.5 Å². The molecule has 1 aromatic carbocycles. The molecule has 0 radical (unpaired) electrons. The summed E-state index contributed by atoms with van der Waals surface area (Å²) in [6.45, 7) is 0.513. The number of Topliss-reactive ketones (excluding diaryl/α,β-unsaturated/α-hetero) is 1. The molecule has 2 heterocycles. The normalized spacial score (nSPS) is 30.6. The van der Waals surface area contributed by atoms with Crippen LogP contribution in [0.5, 0.6) is 0 Å². The van der Waals surface area contributed by atoms with Crippen molar-refractivity contribution < 1.29 is 17.6 Å². The average molecular weight is 388 g/mol. The lowest BCUT2D eigenvalue weighted by Gasteiger charge is -2.37. The van der Waals surface area contributed by atoms with Crippen molar-refractivity contribution in [2.45, 2.75) is 50.9 Å². The van der Waals surface area contributed by atoms with Gasteiger partial charge >= 0.3 is 0 Å². The van der Waals surface area contributed by atoms with Crippen molar-refractivity contribution in [2.75, 3.05) is 16.6 Å². The average Bonchev–Trinajstić information content (AvgIpc) is 3.23. The minimum Gasteiger partial charge on any atom is -0.440 e.